The number of benzene rings is 1. The maximum Gasteiger partial charge on any atom is 0.252 e. The molecular weight excluding hydrogens is 276 g/mol. The molecule has 0 aromatic heterocycles. The van der Waals surface area contributed by atoms with Gasteiger partial charge in [-0.3, -0.25) is 4.99 Å². The normalized spacial score (nSPS) is 21.9. The van der Waals surface area contributed by atoms with E-state index in [1.165, 1.54) is 0 Å². The number of nitrogens with two attached hydrogens (primary N) is 1. The van der Waals surface area contributed by atoms with E-state index in [9.17, 15) is 8.78 Å². The minimum Gasteiger partial charge on any atom is -0.497 e. The van der Waals surface area contributed by atoms with Gasteiger partial charge in [0, 0.05) is 24.1 Å². The third-order valence-electron chi connectivity index (χ3n) is 3.73. The van der Waals surface area contributed by atoms with Crippen molar-refractivity contribution in [3.05, 3.63) is 24.3 Å². The van der Waals surface area contributed by atoms with Gasteiger partial charge in [-0.15, -0.1) is 0 Å². The number of guanidine groups is 1. The molecule has 1 aromatic carbocycles. The zero-order valence-electron chi connectivity index (χ0n) is 12.1. The molecule has 116 valence electrons. The molecule has 0 bridgehead atoms. The van der Waals surface area contributed by atoms with Gasteiger partial charge in [0.1, 0.15) is 5.75 Å². The highest BCUT2D eigenvalue weighted by Crippen LogP contribution is 2.38. The van der Waals surface area contributed by atoms with Crippen molar-refractivity contribution in [2.24, 2.45) is 16.6 Å². The van der Waals surface area contributed by atoms with Gasteiger partial charge in [-0.05, 0) is 25.0 Å². The van der Waals surface area contributed by atoms with Crippen LogP contribution in [0.3, 0.4) is 0 Å². The fraction of sp³-hybridized carbons (Fsp3) is 0.533. The number of hydrogen-bond donors (Lipinski definition) is 2. The first-order chi connectivity index (χ1) is 10.0. The topological polar surface area (TPSA) is 59.6 Å². The van der Waals surface area contributed by atoms with Gasteiger partial charge in [-0.2, -0.15) is 0 Å². The summed E-state index contributed by atoms with van der Waals surface area (Å²) >= 11 is 0. The van der Waals surface area contributed by atoms with Crippen molar-refractivity contribution in [2.75, 3.05) is 19.0 Å². The number of rotatable bonds is 4. The van der Waals surface area contributed by atoms with Crippen LogP contribution in [0.15, 0.2) is 29.3 Å². The van der Waals surface area contributed by atoms with Crippen LogP contribution in [0.4, 0.5) is 14.5 Å². The molecule has 2 rings (SSSR count). The highest BCUT2D eigenvalue weighted by atomic mass is 19.3. The maximum atomic E-state index is 13.7. The molecule has 21 heavy (non-hydrogen) atoms. The van der Waals surface area contributed by atoms with Gasteiger partial charge in [0.15, 0.2) is 5.96 Å². The molecule has 3 N–H and O–H groups in total. The molecule has 0 heterocycles. The lowest BCUT2D eigenvalue weighted by Crippen LogP contribution is -2.35. The van der Waals surface area contributed by atoms with Crippen LogP contribution in [0.5, 0.6) is 5.75 Å². The zero-order valence-corrected chi connectivity index (χ0v) is 12.1. The van der Waals surface area contributed by atoms with Gasteiger partial charge in [-0.1, -0.05) is 12.5 Å². The third kappa shape index (κ3) is 4.31. The van der Waals surface area contributed by atoms with Gasteiger partial charge in [0.05, 0.1) is 13.7 Å². The quantitative estimate of drug-likeness (QED) is 0.662. The molecule has 1 fully saturated rings. The molecule has 1 atom stereocenters. The van der Waals surface area contributed by atoms with E-state index in [4.69, 9.17) is 10.5 Å². The second-order valence-electron chi connectivity index (χ2n) is 5.29. The molecule has 1 unspecified atom stereocenters. The summed E-state index contributed by atoms with van der Waals surface area (Å²) in [5.41, 5.74) is 6.47. The minimum absolute atomic E-state index is 0.0452. The van der Waals surface area contributed by atoms with E-state index in [1.807, 2.05) is 6.07 Å². The first-order valence-electron chi connectivity index (χ1n) is 7.10. The van der Waals surface area contributed by atoms with Crippen LogP contribution in [0.2, 0.25) is 0 Å². The van der Waals surface area contributed by atoms with E-state index in [0.29, 0.717) is 24.3 Å². The van der Waals surface area contributed by atoms with Crippen LogP contribution in [0, 0.1) is 5.92 Å². The molecule has 6 heteroatoms. The molecule has 0 radical (unpaired) electrons. The average Bonchev–Trinajstić information content (AvgIpc) is 2.46. The van der Waals surface area contributed by atoms with Crippen LogP contribution in [0.25, 0.3) is 0 Å². The van der Waals surface area contributed by atoms with Crippen LogP contribution in [0.1, 0.15) is 25.7 Å². The lowest BCUT2D eigenvalue weighted by Gasteiger charge is -2.30. The molecule has 1 aliphatic carbocycles. The SMILES string of the molecule is COc1cccc(NC(N)=NCC2CCCCC2(F)F)c1. The summed E-state index contributed by atoms with van der Waals surface area (Å²) in [4.78, 5) is 4.06. The second-order valence-corrected chi connectivity index (χ2v) is 5.29. The van der Waals surface area contributed by atoms with E-state index in [0.717, 1.165) is 6.42 Å². The van der Waals surface area contributed by atoms with Crippen molar-refractivity contribution < 1.29 is 13.5 Å². The lowest BCUT2D eigenvalue weighted by atomic mass is 9.86. The molecular formula is C15H21F2N3O. The van der Waals surface area contributed by atoms with Crippen molar-refractivity contribution in [1.29, 1.82) is 0 Å². The van der Waals surface area contributed by atoms with Crippen molar-refractivity contribution in [3.8, 4) is 5.75 Å². The first-order valence-corrected chi connectivity index (χ1v) is 7.10. The third-order valence-corrected chi connectivity index (χ3v) is 3.73. The van der Waals surface area contributed by atoms with Crippen molar-refractivity contribution in [2.45, 2.75) is 31.6 Å². The smallest absolute Gasteiger partial charge is 0.252 e. The average molecular weight is 297 g/mol. The number of methoxy groups -OCH3 is 1. The second kappa shape index (κ2) is 6.74. The number of anilines is 1. The van der Waals surface area contributed by atoms with Crippen molar-refractivity contribution >= 4 is 11.6 Å². The molecule has 1 aromatic rings. The van der Waals surface area contributed by atoms with E-state index in [-0.39, 0.29) is 18.9 Å². The molecule has 0 amide bonds. The van der Waals surface area contributed by atoms with Crippen LogP contribution < -0.4 is 15.8 Å². The number of ether oxygens (including phenoxy) is 1. The molecule has 4 nitrogen and oxygen atoms in total. The summed E-state index contributed by atoms with van der Waals surface area (Å²) < 4.78 is 32.5. The number of alkyl halides is 2. The van der Waals surface area contributed by atoms with Crippen LogP contribution in [-0.2, 0) is 0 Å². The highest BCUT2D eigenvalue weighted by molar-refractivity contribution is 5.92. The van der Waals surface area contributed by atoms with E-state index >= 15 is 0 Å². The Labute approximate surface area is 123 Å². The van der Waals surface area contributed by atoms with Crippen LogP contribution in [-0.4, -0.2) is 25.5 Å². The Morgan fingerprint density at radius 3 is 3.00 bits per heavy atom. The summed E-state index contributed by atoms with van der Waals surface area (Å²) in [5, 5.41) is 2.89. The van der Waals surface area contributed by atoms with Crippen molar-refractivity contribution in [1.82, 2.24) is 0 Å². The number of nitrogens with zero attached hydrogens (tertiary/aromatic N) is 1. The number of nitrogens with one attached hydrogen (secondary N) is 1. The molecule has 1 saturated carbocycles. The van der Waals surface area contributed by atoms with Crippen LogP contribution >= 0.6 is 0 Å². The Morgan fingerprint density at radius 2 is 2.29 bits per heavy atom. The van der Waals surface area contributed by atoms with Gasteiger partial charge in [-0.25, -0.2) is 8.78 Å². The van der Waals surface area contributed by atoms with Gasteiger partial charge >= 0.3 is 0 Å². The standard InChI is InChI=1S/C15H21F2N3O/c1-21-13-7-4-6-12(9-13)20-14(18)19-10-11-5-2-3-8-15(11,16)17/h4,6-7,9,11H,2-3,5,8,10H2,1H3,(H3,18,19,20). The fourth-order valence-corrected chi connectivity index (χ4v) is 2.49. The Hall–Kier alpha value is -1.85. The highest BCUT2D eigenvalue weighted by Gasteiger charge is 2.40. The molecule has 0 spiro atoms. The van der Waals surface area contributed by atoms with Gasteiger partial charge in [0.2, 0.25) is 0 Å². The molecule has 0 saturated heterocycles. The summed E-state index contributed by atoms with van der Waals surface area (Å²) in [6.45, 7) is 0.0514. The predicted octanol–water partition coefficient (Wildman–Crippen LogP) is 3.25. The number of halogens is 2. The molecule has 0 aliphatic heterocycles. The summed E-state index contributed by atoms with van der Waals surface area (Å²) in [5.74, 6) is -2.51. The zero-order chi connectivity index (χ0) is 15.3. The minimum atomic E-state index is -2.63. The number of aliphatic imine (C=N–C) groups is 1. The van der Waals surface area contributed by atoms with E-state index < -0.39 is 11.8 Å². The summed E-state index contributed by atoms with van der Waals surface area (Å²) in [6.07, 6.45) is 1.88. The number of hydrogen-bond acceptors (Lipinski definition) is 2. The summed E-state index contributed by atoms with van der Waals surface area (Å²) in [7, 11) is 1.57. The Morgan fingerprint density at radius 1 is 1.48 bits per heavy atom. The van der Waals surface area contributed by atoms with E-state index in [1.54, 1.807) is 25.3 Å². The first kappa shape index (κ1) is 15.5. The van der Waals surface area contributed by atoms with Gasteiger partial charge in [0.25, 0.3) is 5.92 Å². The van der Waals surface area contributed by atoms with Gasteiger partial charge < -0.3 is 15.8 Å². The Kier molecular flexibility index (Phi) is 4.98. The maximum absolute atomic E-state index is 13.7. The fourth-order valence-electron chi connectivity index (χ4n) is 2.49. The predicted molar refractivity (Wildman–Crippen MR) is 80.0 cm³/mol. The summed E-state index contributed by atoms with van der Waals surface area (Å²) in [6, 6.07) is 7.18. The largest absolute Gasteiger partial charge is 0.497 e. The Balaban J connectivity index is 1.94. The lowest BCUT2D eigenvalue weighted by molar-refractivity contribution is -0.0814. The monoisotopic (exact) mass is 297 g/mol. The molecule has 1 aliphatic rings. The van der Waals surface area contributed by atoms with E-state index in [2.05, 4.69) is 10.3 Å². The van der Waals surface area contributed by atoms with Crippen molar-refractivity contribution in [3.63, 3.8) is 0 Å². The Bertz CT molecular complexity index is 505.